The van der Waals surface area contributed by atoms with Crippen LogP contribution in [0.25, 0.3) is 5.69 Å². The van der Waals surface area contributed by atoms with E-state index < -0.39 is 0 Å². The summed E-state index contributed by atoms with van der Waals surface area (Å²) in [5.41, 5.74) is 1.22. The van der Waals surface area contributed by atoms with Crippen molar-refractivity contribution in [3.8, 4) is 5.69 Å². The Morgan fingerprint density at radius 1 is 1.33 bits per heavy atom. The lowest BCUT2D eigenvalue weighted by molar-refractivity contribution is 0.0948. The maximum atomic E-state index is 11.9. The van der Waals surface area contributed by atoms with Crippen LogP contribution in [0.5, 0.6) is 0 Å². The lowest BCUT2D eigenvalue weighted by Crippen LogP contribution is -2.27. The molecule has 0 radical (unpaired) electrons. The lowest BCUT2D eigenvalue weighted by atomic mass is 10.3. The Labute approximate surface area is 135 Å². The number of nitrogens with zero attached hydrogens (tertiary/aromatic N) is 2. The minimum atomic E-state index is -0.165. The molecule has 0 aliphatic carbocycles. The Hall–Kier alpha value is -1.56. The summed E-state index contributed by atoms with van der Waals surface area (Å²) < 4.78 is 1.63. The molecule has 1 aromatic carbocycles. The number of carbonyl (C=O) groups is 1. The first-order valence-electron chi connectivity index (χ1n) is 6.45. The number of nitrogens with one attached hydrogen (secondary N) is 2. The lowest BCUT2D eigenvalue weighted by Gasteiger charge is -2.03. The molecule has 0 aliphatic heterocycles. The summed E-state index contributed by atoms with van der Waals surface area (Å²) in [6, 6.07) is 9.01. The van der Waals surface area contributed by atoms with Gasteiger partial charge in [-0.05, 0) is 44.3 Å². The van der Waals surface area contributed by atoms with Crippen molar-refractivity contribution in [2.45, 2.75) is 6.42 Å². The van der Waals surface area contributed by atoms with Gasteiger partial charge in [0.15, 0.2) is 5.69 Å². The monoisotopic (exact) mass is 328 g/mol. The molecule has 0 fully saturated rings. The summed E-state index contributed by atoms with van der Waals surface area (Å²) in [6.45, 7) is 1.50. The first-order chi connectivity index (χ1) is 9.70. The molecule has 1 heterocycles. The van der Waals surface area contributed by atoms with Crippen molar-refractivity contribution >= 4 is 29.9 Å². The first kappa shape index (κ1) is 17.5. The number of benzene rings is 1. The van der Waals surface area contributed by atoms with E-state index in [2.05, 4.69) is 15.7 Å². The largest absolute Gasteiger partial charge is 0.351 e. The highest BCUT2D eigenvalue weighted by Crippen LogP contribution is 2.14. The third kappa shape index (κ3) is 5.04. The van der Waals surface area contributed by atoms with Crippen molar-refractivity contribution in [1.29, 1.82) is 0 Å². The highest BCUT2D eigenvalue weighted by molar-refractivity contribution is 6.30. The van der Waals surface area contributed by atoms with Crippen LogP contribution in [0, 0.1) is 0 Å². The molecule has 0 atom stereocenters. The molecule has 1 amide bonds. The number of hydrogen-bond acceptors (Lipinski definition) is 3. The molecule has 2 N–H and O–H groups in total. The second-order valence-electron chi connectivity index (χ2n) is 4.34. The third-order valence-corrected chi connectivity index (χ3v) is 3.02. The second-order valence-corrected chi connectivity index (χ2v) is 4.77. The maximum Gasteiger partial charge on any atom is 0.271 e. The van der Waals surface area contributed by atoms with Gasteiger partial charge in [0.2, 0.25) is 0 Å². The van der Waals surface area contributed by atoms with Gasteiger partial charge < -0.3 is 10.6 Å². The summed E-state index contributed by atoms with van der Waals surface area (Å²) in [6.07, 6.45) is 2.63. The van der Waals surface area contributed by atoms with Gasteiger partial charge in [0, 0.05) is 17.8 Å². The topological polar surface area (TPSA) is 58.9 Å². The Balaban J connectivity index is 0.00000220. The van der Waals surface area contributed by atoms with Crippen LogP contribution in [0.3, 0.4) is 0 Å². The van der Waals surface area contributed by atoms with Gasteiger partial charge in [0.05, 0.1) is 5.69 Å². The second kappa shape index (κ2) is 8.67. The average molecular weight is 329 g/mol. The van der Waals surface area contributed by atoms with Crippen LogP contribution in [-0.2, 0) is 0 Å². The van der Waals surface area contributed by atoms with Crippen molar-refractivity contribution in [3.05, 3.63) is 47.2 Å². The molecule has 0 aliphatic rings. The van der Waals surface area contributed by atoms with Crippen LogP contribution in [0.4, 0.5) is 0 Å². The van der Waals surface area contributed by atoms with E-state index in [-0.39, 0.29) is 18.3 Å². The van der Waals surface area contributed by atoms with Crippen molar-refractivity contribution < 1.29 is 4.79 Å². The molecule has 2 rings (SSSR count). The van der Waals surface area contributed by atoms with Crippen molar-refractivity contribution in [1.82, 2.24) is 20.4 Å². The summed E-state index contributed by atoms with van der Waals surface area (Å²) in [7, 11) is 1.88. The van der Waals surface area contributed by atoms with Gasteiger partial charge in [0.1, 0.15) is 0 Å². The molecule has 5 nitrogen and oxygen atoms in total. The number of carbonyl (C=O) groups excluding carboxylic acids is 1. The SMILES string of the molecule is CNCCCNC(=O)c1ccn(-c2cccc(Cl)c2)n1.Cl. The Morgan fingerprint density at radius 2 is 2.14 bits per heavy atom. The van der Waals surface area contributed by atoms with Gasteiger partial charge in [-0.25, -0.2) is 4.68 Å². The number of halogens is 2. The molecule has 0 saturated carbocycles. The third-order valence-electron chi connectivity index (χ3n) is 2.78. The van der Waals surface area contributed by atoms with E-state index in [0.29, 0.717) is 17.3 Å². The van der Waals surface area contributed by atoms with Gasteiger partial charge in [-0.1, -0.05) is 17.7 Å². The van der Waals surface area contributed by atoms with E-state index in [9.17, 15) is 4.79 Å². The standard InChI is InChI=1S/C14H17ClN4O.ClH/c1-16-7-3-8-17-14(20)13-6-9-19(18-13)12-5-2-4-11(15)10-12;/h2,4-6,9-10,16H,3,7-8H2,1H3,(H,17,20);1H. The zero-order chi connectivity index (χ0) is 14.4. The molecule has 0 spiro atoms. The fourth-order valence-electron chi connectivity index (χ4n) is 1.77. The molecule has 1 aromatic heterocycles. The Kier molecular flexibility index (Phi) is 7.22. The van der Waals surface area contributed by atoms with Gasteiger partial charge in [-0.15, -0.1) is 12.4 Å². The van der Waals surface area contributed by atoms with Gasteiger partial charge in [-0.2, -0.15) is 5.10 Å². The van der Waals surface area contributed by atoms with E-state index in [0.717, 1.165) is 18.7 Å². The number of rotatable bonds is 6. The van der Waals surface area contributed by atoms with E-state index in [1.807, 2.05) is 19.2 Å². The normalized spacial score (nSPS) is 10.0. The van der Waals surface area contributed by atoms with Crippen LogP contribution in [0.15, 0.2) is 36.5 Å². The van der Waals surface area contributed by atoms with Gasteiger partial charge >= 0.3 is 0 Å². The quantitative estimate of drug-likeness (QED) is 0.800. The highest BCUT2D eigenvalue weighted by Gasteiger charge is 2.09. The molecular weight excluding hydrogens is 311 g/mol. The van der Waals surface area contributed by atoms with E-state index >= 15 is 0 Å². The fourth-order valence-corrected chi connectivity index (χ4v) is 1.95. The van der Waals surface area contributed by atoms with Crippen LogP contribution < -0.4 is 10.6 Å². The summed E-state index contributed by atoms with van der Waals surface area (Å²) >= 11 is 5.94. The van der Waals surface area contributed by atoms with Crippen molar-refractivity contribution in [2.24, 2.45) is 0 Å². The van der Waals surface area contributed by atoms with Crippen LogP contribution in [-0.4, -0.2) is 35.8 Å². The molecule has 114 valence electrons. The molecule has 0 unspecified atom stereocenters. The predicted molar refractivity (Wildman–Crippen MR) is 86.7 cm³/mol. The average Bonchev–Trinajstić information content (AvgIpc) is 2.93. The van der Waals surface area contributed by atoms with Crippen molar-refractivity contribution in [2.75, 3.05) is 20.1 Å². The fraction of sp³-hybridized carbons (Fsp3) is 0.286. The maximum absolute atomic E-state index is 11.9. The number of hydrogen-bond donors (Lipinski definition) is 2. The Morgan fingerprint density at radius 3 is 2.86 bits per heavy atom. The van der Waals surface area contributed by atoms with Gasteiger partial charge in [0.25, 0.3) is 5.91 Å². The predicted octanol–water partition coefficient (Wildman–Crippen LogP) is 2.29. The van der Waals surface area contributed by atoms with Gasteiger partial charge in [-0.3, -0.25) is 4.79 Å². The summed E-state index contributed by atoms with van der Waals surface area (Å²) in [4.78, 5) is 11.9. The van der Waals surface area contributed by atoms with E-state index in [1.54, 1.807) is 29.1 Å². The zero-order valence-electron chi connectivity index (χ0n) is 11.7. The zero-order valence-corrected chi connectivity index (χ0v) is 13.2. The van der Waals surface area contributed by atoms with E-state index in [4.69, 9.17) is 11.6 Å². The number of aromatic nitrogens is 2. The van der Waals surface area contributed by atoms with Crippen LogP contribution in [0.1, 0.15) is 16.9 Å². The van der Waals surface area contributed by atoms with E-state index in [1.165, 1.54) is 0 Å². The minimum Gasteiger partial charge on any atom is -0.351 e. The molecule has 0 saturated heterocycles. The molecule has 7 heteroatoms. The molecule has 2 aromatic rings. The molecular formula is C14H18Cl2N4O. The van der Waals surface area contributed by atoms with Crippen LogP contribution in [0.2, 0.25) is 5.02 Å². The summed E-state index contributed by atoms with van der Waals surface area (Å²) in [5.74, 6) is -0.165. The smallest absolute Gasteiger partial charge is 0.271 e. The summed E-state index contributed by atoms with van der Waals surface area (Å²) in [5, 5.41) is 10.7. The van der Waals surface area contributed by atoms with Crippen LogP contribution >= 0.6 is 24.0 Å². The number of amides is 1. The highest BCUT2D eigenvalue weighted by atomic mass is 35.5. The molecule has 0 bridgehead atoms. The minimum absolute atomic E-state index is 0. The van der Waals surface area contributed by atoms with Crippen molar-refractivity contribution in [3.63, 3.8) is 0 Å². The molecule has 21 heavy (non-hydrogen) atoms. The Bertz CT molecular complexity index is 586. The first-order valence-corrected chi connectivity index (χ1v) is 6.83.